The van der Waals surface area contributed by atoms with Crippen molar-refractivity contribution in [2.75, 3.05) is 44.7 Å². The third-order valence-electron chi connectivity index (χ3n) is 3.42. The van der Waals surface area contributed by atoms with Crippen LogP contribution in [0.3, 0.4) is 0 Å². The van der Waals surface area contributed by atoms with Crippen LogP contribution >= 0.6 is 0 Å². The van der Waals surface area contributed by atoms with E-state index < -0.39 is 0 Å². The molecular formula is C15H25N3O. The van der Waals surface area contributed by atoms with Gasteiger partial charge in [-0.3, -0.25) is 4.90 Å². The van der Waals surface area contributed by atoms with E-state index in [1.165, 1.54) is 5.69 Å². The van der Waals surface area contributed by atoms with Gasteiger partial charge in [-0.25, -0.2) is 0 Å². The standard InChI is InChI=1S/C15H25N3O/c1-15(2,16)12-17-7-9-18(10-8-17)13-5-4-6-14(11-13)19-3/h4-6,11H,7-10,12,16H2,1-3H3. The van der Waals surface area contributed by atoms with E-state index in [1.54, 1.807) is 7.11 Å². The molecule has 0 atom stereocenters. The van der Waals surface area contributed by atoms with E-state index >= 15 is 0 Å². The molecule has 1 saturated heterocycles. The molecule has 1 aromatic carbocycles. The van der Waals surface area contributed by atoms with E-state index in [9.17, 15) is 0 Å². The fourth-order valence-electron chi connectivity index (χ4n) is 2.55. The summed E-state index contributed by atoms with van der Waals surface area (Å²) in [4.78, 5) is 4.85. The Hall–Kier alpha value is -1.26. The van der Waals surface area contributed by atoms with E-state index in [1.807, 2.05) is 12.1 Å². The van der Waals surface area contributed by atoms with Crippen molar-refractivity contribution in [2.24, 2.45) is 5.73 Å². The summed E-state index contributed by atoms with van der Waals surface area (Å²) in [7, 11) is 1.71. The van der Waals surface area contributed by atoms with Gasteiger partial charge >= 0.3 is 0 Å². The van der Waals surface area contributed by atoms with Crippen molar-refractivity contribution in [1.29, 1.82) is 0 Å². The summed E-state index contributed by atoms with van der Waals surface area (Å²) in [6, 6.07) is 8.27. The van der Waals surface area contributed by atoms with Gasteiger partial charge in [-0.1, -0.05) is 6.07 Å². The molecular weight excluding hydrogens is 238 g/mol. The fraction of sp³-hybridized carbons (Fsp3) is 0.600. The zero-order valence-corrected chi connectivity index (χ0v) is 12.2. The molecule has 0 bridgehead atoms. The average molecular weight is 263 g/mol. The zero-order chi connectivity index (χ0) is 13.9. The Morgan fingerprint density at radius 3 is 2.47 bits per heavy atom. The van der Waals surface area contributed by atoms with Crippen LogP contribution in [0, 0.1) is 0 Å². The second kappa shape index (κ2) is 5.80. The van der Waals surface area contributed by atoms with Crippen LogP contribution in [0.5, 0.6) is 5.75 Å². The molecule has 0 amide bonds. The largest absolute Gasteiger partial charge is 0.497 e. The molecule has 0 aromatic heterocycles. The minimum Gasteiger partial charge on any atom is -0.497 e. The molecule has 2 rings (SSSR count). The van der Waals surface area contributed by atoms with Crippen LogP contribution in [0.1, 0.15) is 13.8 Å². The third kappa shape index (κ3) is 4.11. The number of ether oxygens (including phenoxy) is 1. The predicted octanol–water partition coefficient (Wildman–Crippen LogP) is 1.55. The van der Waals surface area contributed by atoms with Crippen LogP contribution in [0.4, 0.5) is 5.69 Å². The minimum absolute atomic E-state index is 0.113. The van der Waals surface area contributed by atoms with Gasteiger partial charge in [0.05, 0.1) is 7.11 Å². The highest BCUT2D eigenvalue weighted by Crippen LogP contribution is 2.22. The lowest BCUT2D eigenvalue weighted by molar-refractivity contribution is 0.214. The first kappa shape index (κ1) is 14.2. The number of nitrogens with two attached hydrogens (primary N) is 1. The normalized spacial score (nSPS) is 17.6. The Balaban J connectivity index is 1.92. The molecule has 2 N–H and O–H groups in total. The maximum atomic E-state index is 6.08. The molecule has 1 heterocycles. The van der Waals surface area contributed by atoms with Gasteiger partial charge in [-0.15, -0.1) is 0 Å². The van der Waals surface area contributed by atoms with Gasteiger partial charge in [0, 0.05) is 50.0 Å². The van der Waals surface area contributed by atoms with Crippen LogP contribution in [-0.2, 0) is 0 Å². The van der Waals surface area contributed by atoms with E-state index in [4.69, 9.17) is 10.5 Å². The van der Waals surface area contributed by atoms with Crippen molar-refractivity contribution >= 4 is 5.69 Å². The first-order valence-corrected chi connectivity index (χ1v) is 6.88. The molecule has 4 heteroatoms. The van der Waals surface area contributed by atoms with Crippen molar-refractivity contribution in [1.82, 2.24) is 4.90 Å². The van der Waals surface area contributed by atoms with Gasteiger partial charge in [0.25, 0.3) is 0 Å². The van der Waals surface area contributed by atoms with E-state index in [-0.39, 0.29) is 5.54 Å². The number of hydrogen-bond donors (Lipinski definition) is 1. The average Bonchev–Trinajstić information content (AvgIpc) is 2.38. The maximum Gasteiger partial charge on any atom is 0.120 e. The molecule has 1 aromatic rings. The second-order valence-corrected chi connectivity index (χ2v) is 5.95. The fourth-order valence-corrected chi connectivity index (χ4v) is 2.55. The van der Waals surface area contributed by atoms with Crippen LogP contribution < -0.4 is 15.4 Å². The lowest BCUT2D eigenvalue weighted by Gasteiger charge is -2.38. The van der Waals surface area contributed by atoms with Crippen molar-refractivity contribution < 1.29 is 4.74 Å². The summed E-state index contributed by atoms with van der Waals surface area (Å²) in [6.07, 6.45) is 0. The number of methoxy groups -OCH3 is 1. The second-order valence-electron chi connectivity index (χ2n) is 5.95. The number of nitrogens with zero attached hydrogens (tertiary/aromatic N) is 2. The quantitative estimate of drug-likeness (QED) is 0.895. The highest BCUT2D eigenvalue weighted by Gasteiger charge is 2.21. The molecule has 1 fully saturated rings. The van der Waals surface area contributed by atoms with E-state index in [2.05, 4.69) is 35.8 Å². The number of benzene rings is 1. The highest BCUT2D eigenvalue weighted by molar-refractivity contribution is 5.51. The number of piperazine rings is 1. The lowest BCUT2D eigenvalue weighted by atomic mass is 10.1. The first-order valence-electron chi connectivity index (χ1n) is 6.88. The Kier molecular flexibility index (Phi) is 4.32. The summed E-state index contributed by atoms with van der Waals surface area (Å²) < 4.78 is 5.28. The van der Waals surface area contributed by atoms with E-state index in [0.29, 0.717) is 0 Å². The van der Waals surface area contributed by atoms with Crippen molar-refractivity contribution in [3.63, 3.8) is 0 Å². The van der Waals surface area contributed by atoms with Gasteiger partial charge in [0.2, 0.25) is 0 Å². The molecule has 19 heavy (non-hydrogen) atoms. The summed E-state index contributed by atoms with van der Waals surface area (Å²) in [5.74, 6) is 0.919. The molecule has 0 unspecified atom stereocenters. The number of hydrogen-bond acceptors (Lipinski definition) is 4. The van der Waals surface area contributed by atoms with Gasteiger partial charge in [-0.2, -0.15) is 0 Å². The summed E-state index contributed by atoms with van der Waals surface area (Å²) in [6.45, 7) is 9.35. The Labute approximate surface area is 116 Å². The minimum atomic E-state index is -0.113. The van der Waals surface area contributed by atoms with Crippen LogP contribution in [-0.4, -0.2) is 50.3 Å². The van der Waals surface area contributed by atoms with Crippen molar-refractivity contribution in [2.45, 2.75) is 19.4 Å². The SMILES string of the molecule is COc1cccc(N2CCN(CC(C)(C)N)CC2)c1. The topological polar surface area (TPSA) is 41.7 Å². The van der Waals surface area contributed by atoms with Crippen molar-refractivity contribution in [3.05, 3.63) is 24.3 Å². The number of anilines is 1. The van der Waals surface area contributed by atoms with Crippen molar-refractivity contribution in [3.8, 4) is 5.75 Å². The highest BCUT2D eigenvalue weighted by atomic mass is 16.5. The first-order chi connectivity index (χ1) is 8.98. The smallest absolute Gasteiger partial charge is 0.120 e. The summed E-state index contributed by atoms with van der Waals surface area (Å²) >= 11 is 0. The van der Waals surface area contributed by atoms with Crippen LogP contribution in [0.25, 0.3) is 0 Å². The Bertz CT molecular complexity index is 406. The zero-order valence-electron chi connectivity index (χ0n) is 12.2. The van der Waals surface area contributed by atoms with Gasteiger partial charge in [-0.05, 0) is 26.0 Å². The predicted molar refractivity (Wildman–Crippen MR) is 79.9 cm³/mol. The Morgan fingerprint density at radius 2 is 1.89 bits per heavy atom. The van der Waals surface area contributed by atoms with Crippen LogP contribution in [0.15, 0.2) is 24.3 Å². The lowest BCUT2D eigenvalue weighted by Crippen LogP contribution is -2.53. The van der Waals surface area contributed by atoms with Gasteiger partial charge in [0.1, 0.15) is 5.75 Å². The molecule has 106 valence electrons. The van der Waals surface area contributed by atoms with Gasteiger partial charge < -0.3 is 15.4 Å². The molecule has 1 aliphatic heterocycles. The third-order valence-corrected chi connectivity index (χ3v) is 3.42. The molecule has 0 spiro atoms. The summed E-state index contributed by atoms with van der Waals surface area (Å²) in [5.41, 5.74) is 7.21. The molecule has 0 saturated carbocycles. The van der Waals surface area contributed by atoms with Gasteiger partial charge in [0.15, 0.2) is 0 Å². The molecule has 0 radical (unpaired) electrons. The molecule has 1 aliphatic rings. The number of rotatable bonds is 4. The maximum absolute atomic E-state index is 6.08. The molecule has 0 aliphatic carbocycles. The van der Waals surface area contributed by atoms with Crippen LogP contribution in [0.2, 0.25) is 0 Å². The Morgan fingerprint density at radius 1 is 1.21 bits per heavy atom. The molecule has 4 nitrogen and oxygen atoms in total. The summed E-state index contributed by atoms with van der Waals surface area (Å²) in [5, 5.41) is 0. The van der Waals surface area contributed by atoms with E-state index in [0.717, 1.165) is 38.5 Å². The monoisotopic (exact) mass is 263 g/mol.